The summed E-state index contributed by atoms with van der Waals surface area (Å²) in [6.45, 7) is 6.45. The molecule has 0 aliphatic carbocycles. The highest BCUT2D eigenvalue weighted by atomic mass is 16.6. The lowest BCUT2D eigenvalue weighted by atomic mass is 10.1. The number of carbonyl (C=O) groups excluding carboxylic acids is 3. The number of carbonyl (C=O) groups is 3. The van der Waals surface area contributed by atoms with Crippen molar-refractivity contribution in [1.29, 1.82) is 0 Å². The standard InChI is InChI=1S/C71H116O6/c1-4-7-10-13-16-19-21-23-25-27-29-31-32-33-34-35-36-37-38-40-41-43-45-47-49-52-55-58-61-64-70(73)76-67-68(66-75-69(72)63-60-57-54-51-18-15-12-9-6-3)77-71(74)65-62-59-56-53-50-48-46-44-42-39-30-28-26-24-22-20-17-14-11-8-5-2/h7,10,16,19,22-25,28-31,33-34,36-37,40-41,45,47,52,55,68H,4-6,8-9,11-15,17-18,20-21,26-27,32,35,38-39,42-44,46,48-51,53-54,56-67H2,1-3H3/b10-7-,19-16-,24-22-,25-23-,30-28-,31-29-,34-33-,37-36-,41-40-,47-45-,55-52-. The van der Waals surface area contributed by atoms with E-state index in [1.54, 1.807) is 0 Å². The maximum Gasteiger partial charge on any atom is 0.306 e. The van der Waals surface area contributed by atoms with E-state index in [1.807, 2.05) is 0 Å². The van der Waals surface area contributed by atoms with Crippen LogP contribution in [0.3, 0.4) is 0 Å². The van der Waals surface area contributed by atoms with Crippen molar-refractivity contribution in [3.63, 3.8) is 0 Å². The number of hydrogen-bond donors (Lipinski definition) is 0. The first kappa shape index (κ1) is 72.5. The van der Waals surface area contributed by atoms with E-state index in [0.717, 1.165) is 109 Å². The molecule has 0 saturated carbocycles. The number of unbranched alkanes of at least 4 members (excludes halogenated alkanes) is 23. The van der Waals surface area contributed by atoms with Crippen molar-refractivity contribution < 1.29 is 28.6 Å². The molecular formula is C71H116O6. The van der Waals surface area contributed by atoms with Crippen LogP contribution in [0.25, 0.3) is 0 Å². The normalized spacial score (nSPS) is 13.0. The third-order valence-corrected chi connectivity index (χ3v) is 13.1. The molecule has 0 rings (SSSR count). The Morgan fingerprint density at radius 2 is 0.519 bits per heavy atom. The molecule has 1 unspecified atom stereocenters. The molecule has 0 bridgehead atoms. The zero-order valence-electron chi connectivity index (χ0n) is 49.9. The molecule has 0 radical (unpaired) electrons. The van der Waals surface area contributed by atoms with Crippen molar-refractivity contribution in [2.24, 2.45) is 0 Å². The molecule has 0 fully saturated rings. The van der Waals surface area contributed by atoms with E-state index < -0.39 is 6.10 Å². The first-order valence-corrected chi connectivity index (χ1v) is 31.7. The van der Waals surface area contributed by atoms with Gasteiger partial charge in [0.05, 0.1) is 0 Å². The van der Waals surface area contributed by atoms with E-state index in [4.69, 9.17) is 14.2 Å². The molecule has 0 N–H and O–H groups in total. The van der Waals surface area contributed by atoms with Gasteiger partial charge in [-0.05, 0) is 116 Å². The van der Waals surface area contributed by atoms with Crippen LogP contribution in [0.2, 0.25) is 0 Å². The highest BCUT2D eigenvalue weighted by Crippen LogP contribution is 2.15. The Hall–Kier alpha value is -4.45. The third-order valence-electron chi connectivity index (χ3n) is 13.1. The van der Waals surface area contributed by atoms with Gasteiger partial charge in [0.2, 0.25) is 0 Å². The zero-order valence-corrected chi connectivity index (χ0v) is 49.9. The van der Waals surface area contributed by atoms with Gasteiger partial charge in [-0.15, -0.1) is 0 Å². The fourth-order valence-electron chi connectivity index (χ4n) is 8.42. The lowest BCUT2D eigenvalue weighted by Gasteiger charge is -2.18. The van der Waals surface area contributed by atoms with Crippen molar-refractivity contribution in [3.8, 4) is 0 Å². The van der Waals surface area contributed by atoms with Gasteiger partial charge in [0.25, 0.3) is 0 Å². The summed E-state index contributed by atoms with van der Waals surface area (Å²) in [5.41, 5.74) is 0. The molecule has 0 aromatic heterocycles. The Morgan fingerprint density at radius 3 is 0.844 bits per heavy atom. The van der Waals surface area contributed by atoms with E-state index in [0.29, 0.717) is 19.3 Å². The summed E-state index contributed by atoms with van der Waals surface area (Å²) in [5, 5.41) is 0. The highest BCUT2D eigenvalue weighted by Gasteiger charge is 2.19. The molecule has 6 nitrogen and oxygen atoms in total. The first-order chi connectivity index (χ1) is 38.0. The van der Waals surface area contributed by atoms with Crippen LogP contribution >= 0.6 is 0 Å². The maximum absolute atomic E-state index is 12.9. The van der Waals surface area contributed by atoms with Crippen LogP contribution < -0.4 is 0 Å². The predicted octanol–water partition coefficient (Wildman–Crippen LogP) is 21.8. The minimum absolute atomic E-state index is 0.0995. The highest BCUT2D eigenvalue weighted by molar-refractivity contribution is 5.71. The summed E-state index contributed by atoms with van der Waals surface area (Å²) >= 11 is 0. The Balaban J connectivity index is 4.36. The van der Waals surface area contributed by atoms with E-state index in [2.05, 4.69) is 154 Å². The van der Waals surface area contributed by atoms with Crippen molar-refractivity contribution >= 4 is 17.9 Å². The Kier molecular flexibility index (Phi) is 60.4. The van der Waals surface area contributed by atoms with Crippen molar-refractivity contribution in [2.75, 3.05) is 13.2 Å². The van der Waals surface area contributed by atoms with E-state index in [-0.39, 0.29) is 37.5 Å². The van der Waals surface area contributed by atoms with Crippen LogP contribution in [-0.4, -0.2) is 37.2 Å². The van der Waals surface area contributed by atoms with Gasteiger partial charge in [0.1, 0.15) is 13.2 Å². The molecular weight excluding hydrogens is 949 g/mol. The summed E-state index contributed by atoms with van der Waals surface area (Å²) in [6.07, 6.45) is 90.4. The van der Waals surface area contributed by atoms with Crippen LogP contribution in [0.1, 0.15) is 278 Å². The van der Waals surface area contributed by atoms with Crippen molar-refractivity contribution in [1.82, 2.24) is 0 Å². The minimum atomic E-state index is -0.807. The average molecular weight is 1070 g/mol. The first-order valence-electron chi connectivity index (χ1n) is 31.7. The topological polar surface area (TPSA) is 78.9 Å². The zero-order chi connectivity index (χ0) is 55.7. The van der Waals surface area contributed by atoms with Gasteiger partial charge < -0.3 is 14.2 Å². The lowest BCUT2D eigenvalue weighted by molar-refractivity contribution is -0.167. The number of rotatable bonds is 56. The van der Waals surface area contributed by atoms with E-state index in [9.17, 15) is 14.4 Å². The van der Waals surface area contributed by atoms with Gasteiger partial charge in [-0.1, -0.05) is 276 Å². The van der Waals surface area contributed by atoms with Crippen LogP contribution in [0, 0.1) is 0 Å². The number of allylic oxidation sites excluding steroid dienone is 22. The smallest absolute Gasteiger partial charge is 0.306 e. The molecule has 0 aromatic rings. The van der Waals surface area contributed by atoms with Crippen molar-refractivity contribution in [3.05, 3.63) is 134 Å². The minimum Gasteiger partial charge on any atom is -0.462 e. The number of esters is 3. The lowest BCUT2D eigenvalue weighted by Crippen LogP contribution is -2.30. The maximum atomic E-state index is 12.9. The van der Waals surface area contributed by atoms with E-state index >= 15 is 0 Å². The molecule has 0 saturated heterocycles. The summed E-state index contributed by atoms with van der Waals surface area (Å²) in [4.78, 5) is 38.1. The molecule has 0 spiro atoms. The van der Waals surface area contributed by atoms with Gasteiger partial charge in [0, 0.05) is 19.3 Å². The Morgan fingerprint density at radius 1 is 0.273 bits per heavy atom. The molecule has 0 aliphatic rings. The monoisotopic (exact) mass is 1060 g/mol. The molecule has 0 amide bonds. The average Bonchev–Trinajstić information content (AvgIpc) is 3.43. The summed E-state index contributed by atoms with van der Waals surface area (Å²) in [6, 6.07) is 0. The van der Waals surface area contributed by atoms with Gasteiger partial charge in [-0.2, -0.15) is 0 Å². The molecule has 6 heteroatoms. The van der Waals surface area contributed by atoms with Crippen LogP contribution in [-0.2, 0) is 28.6 Å². The quantitative estimate of drug-likeness (QED) is 0.0261. The molecule has 0 aliphatic heterocycles. The molecule has 77 heavy (non-hydrogen) atoms. The largest absolute Gasteiger partial charge is 0.462 e. The predicted molar refractivity (Wildman–Crippen MR) is 334 cm³/mol. The number of ether oxygens (including phenoxy) is 3. The molecule has 436 valence electrons. The fourth-order valence-corrected chi connectivity index (χ4v) is 8.42. The summed E-state index contributed by atoms with van der Waals surface area (Å²) in [5.74, 6) is -0.968. The van der Waals surface area contributed by atoms with Gasteiger partial charge in [-0.3, -0.25) is 14.4 Å². The summed E-state index contributed by atoms with van der Waals surface area (Å²) in [7, 11) is 0. The third kappa shape index (κ3) is 62.3. The Bertz CT molecular complexity index is 1650. The van der Waals surface area contributed by atoms with Crippen LogP contribution in [0.4, 0.5) is 0 Å². The summed E-state index contributed by atoms with van der Waals surface area (Å²) < 4.78 is 16.8. The molecule has 1 atom stereocenters. The SMILES string of the molecule is CC/C=C\C/C=C\C/C=C\C/C=C\C/C=C\C/C=C\C/C=C\C/C=C\C/C=C\CCCC(=O)OCC(COC(=O)CCCCCCCCCCC)OC(=O)CCCCCCCCCCC/C=C\C/C=C\CCCCCCC. The fraction of sp³-hybridized carbons (Fsp3) is 0.648. The second-order valence-corrected chi connectivity index (χ2v) is 20.6. The molecule has 0 aromatic carbocycles. The van der Waals surface area contributed by atoms with Crippen molar-refractivity contribution in [2.45, 2.75) is 284 Å². The molecule has 0 heterocycles. The van der Waals surface area contributed by atoms with Gasteiger partial charge in [-0.25, -0.2) is 0 Å². The Labute approximate surface area is 475 Å². The van der Waals surface area contributed by atoms with Crippen LogP contribution in [0.15, 0.2) is 134 Å². The second-order valence-electron chi connectivity index (χ2n) is 20.6. The second kappa shape index (κ2) is 64.1. The van der Waals surface area contributed by atoms with Crippen LogP contribution in [0.5, 0.6) is 0 Å². The number of hydrogen-bond acceptors (Lipinski definition) is 6. The van der Waals surface area contributed by atoms with Gasteiger partial charge in [0.15, 0.2) is 6.10 Å². The van der Waals surface area contributed by atoms with E-state index in [1.165, 1.54) is 122 Å². The van der Waals surface area contributed by atoms with Gasteiger partial charge >= 0.3 is 17.9 Å².